The molecule has 0 bridgehead atoms. The first kappa shape index (κ1) is 19.1. The first-order valence-electron chi connectivity index (χ1n) is 8.71. The van der Waals surface area contributed by atoms with Crippen LogP contribution in [0.3, 0.4) is 0 Å². The van der Waals surface area contributed by atoms with E-state index in [0.29, 0.717) is 26.6 Å². The molecule has 1 saturated carbocycles. The van der Waals surface area contributed by atoms with Crippen molar-refractivity contribution in [1.82, 2.24) is 20.2 Å². The molecule has 9 heteroatoms. The van der Waals surface area contributed by atoms with Crippen molar-refractivity contribution in [2.45, 2.75) is 29.3 Å². The normalized spacial score (nSPS) is 14.6. The largest absolute Gasteiger partial charge is 0.352 e. The first-order valence-corrected chi connectivity index (χ1v) is 10.3. The molecule has 1 aliphatic carbocycles. The molecule has 1 aliphatic rings. The predicted molar refractivity (Wildman–Crippen MR) is 112 cm³/mol. The Kier molecular flexibility index (Phi) is 5.48. The highest BCUT2D eigenvalue weighted by Gasteiger charge is 2.30. The maximum Gasteiger partial charge on any atom is 0.238 e. The van der Waals surface area contributed by atoms with Crippen molar-refractivity contribution in [2.75, 3.05) is 5.84 Å². The molecule has 0 saturated heterocycles. The average molecular weight is 434 g/mol. The van der Waals surface area contributed by atoms with Gasteiger partial charge in [0.2, 0.25) is 11.1 Å². The third kappa shape index (κ3) is 4.11. The van der Waals surface area contributed by atoms with Crippen LogP contribution >= 0.6 is 35.0 Å². The van der Waals surface area contributed by atoms with Gasteiger partial charge in [0.15, 0.2) is 5.82 Å². The summed E-state index contributed by atoms with van der Waals surface area (Å²) in [6, 6.07) is 14.9. The van der Waals surface area contributed by atoms with Crippen LogP contribution < -0.4 is 11.2 Å². The highest BCUT2D eigenvalue weighted by Crippen LogP contribution is 2.37. The molecule has 0 aliphatic heterocycles. The molecular weight excluding hydrogens is 417 g/mol. The fourth-order valence-corrected chi connectivity index (χ4v) is 4.18. The summed E-state index contributed by atoms with van der Waals surface area (Å²) in [5.41, 5.74) is 1.49. The van der Waals surface area contributed by atoms with Crippen LogP contribution in [-0.4, -0.2) is 26.8 Å². The van der Waals surface area contributed by atoms with E-state index < -0.39 is 5.25 Å². The molecule has 1 fully saturated rings. The Morgan fingerprint density at radius 2 is 1.93 bits per heavy atom. The maximum absolute atomic E-state index is 12.8. The molecule has 1 aromatic heterocycles. The van der Waals surface area contributed by atoms with Crippen LogP contribution in [0.4, 0.5) is 0 Å². The number of hydrogen-bond donors (Lipinski definition) is 2. The van der Waals surface area contributed by atoms with Crippen LogP contribution in [0.15, 0.2) is 53.7 Å². The van der Waals surface area contributed by atoms with Crippen molar-refractivity contribution < 1.29 is 4.79 Å². The number of hydrogen-bond acceptors (Lipinski definition) is 5. The number of benzene rings is 2. The van der Waals surface area contributed by atoms with Crippen LogP contribution in [-0.2, 0) is 4.79 Å². The van der Waals surface area contributed by atoms with Crippen LogP contribution in [0.25, 0.3) is 11.4 Å². The Labute approximate surface area is 176 Å². The minimum atomic E-state index is -0.484. The van der Waals surface area contributed by atoms with E-state index in [4.69, 9.17) is 29.0 Å². The summed E-state index contributed by atoms with van der Waals surface area (Å²) in [7, 11) is 0. The number of nitrogens with one attached hydrogen (secondary N) is 1. The first-order chi connectivity index (χ1) is 13.5. The third-order valence-electron chi connectivity index (χ3n) is 4.32. The van der Waals surface area contributed by atoms with Gasteiger partial charge in [-0.1, -0.05) is 65.3 Å². The number of thioether (sulfide) groups is 1. The lowest BCUT2D eigenvalue weighted by molar-refractivity contribution is -0.120. The zero-order valence-corrected chi connectivity index (χ0v) is 17.0. The van der Waals surface area contributed by atoms with E-state index in [1.54, 1.807) is 18.2 Å². The van der Waals surface area contributed by atoms with E-state index in [9.17, 15) is 4.79 Å². The Hall–Kier alpha value is -2.22. The van der Waals surface area contributed by atoms with Gasteiger partial charge in [0.1, 0.15) is 5.25 Å². The molecule has 6 nitrogen and oxygen atoms in total. The van der Waals surface area contributed by atoms with Gasteiger partial charge in [-0.05, 0) is 36.6 Å². The number of nitrogen functional groups attached to an aromatic ring is 1. The number of halogens is 2. The number of amides is 1. The van der Waals surface area contributed by atoms with Gasteiger partial charge in [-0.2, -0.15) is 0 Å². The van der Waals surface area contributed by atoms with Gasteiger partial charge >= 0.3 is 0 Å². The Bertz CT molecular complexity index is 1010. The molecule has 144 valence electrons. The summed E-state index contributed by atoms with van der Waals surface area (Å²) in [4.78, 5) is 12.8. The molecule has 28 heavy (non-hydrogen) atoms. The van der Waals surface area contributed by atoms with Gasteiger partial charge < -0.3 is 11.2 Å². The lowest BCUT2D eigenvalue weighted by Gasteiger charge is -2.16. The zero-order chi connectivity index (χ0) is 19.7. The van der Waals surface area contributed by atoms with E-state index in [2.05, 4.69) is 15.5 Å². The zero-order valence-electron chi connectivity index (χ0n) is 14.7. The van der Waals surface area contributed by atoms with Crippen LogP contribution in [0.5, 0.6) is 0 Å². The standard InChI is InChI=1S/C19H17Cl2N5OS/c20-12-6-9-14(15(21)10-12)17-24-25-19(26(17)22)28-16(11-4-2-1-3-5-11)18(27)23-13-7-8-13/h1-6,9-10,13,16H,7-8,22H2,(H,23,27)/t16-/m0/s1. The van der Waals surface area contributed by atoms with Crippen molar-refractivity contribution in [3.05, 3.63) is 64.1 Å². The molecule has 2 aromatic carbocycles. The molecule has 1 heterocycles. The van der Waals surface area contributed by atoms with Gasteiger partial charge in [-0.25, -0.2) is 4.68 Å². The summed E-state index contributed by atoms with van der Waals surface area (Å²) in [5.74, 6) is 6.57. The predicted octanol–water partition coefficient (Wildman–Crippen LogP) is 4.08. The summed E-state index contributed by atoms with van der Waals surface area (Å²) in [6.45, 7) is 0. The molecule has 1 atom stereocenters. The Morgan fingerprint density at radius 3 is 2.61 bits per heavy atom. The van der Waals surface area contributed by atoms with Gasteiger partial charge in [-0.3, -0.25) is 4.79 Å². The lowest BCUT2D eigenvalue weighted by atomic mass is 10.1. The molecular formula is C19H17Cl2N5OS. The monoisotopic (exact) mass is 433 g/mol. The quantitative estimate of drug-likeness (QED) is 0.451. The number of nitrogens with zero attached hydrogens (tertiary/aromatic N) is 3. The molecule has 3 aromatic rings. The number of carbonyl (C=O) groups is 1. The summed E-state index contributed by atoms with van der Waals surface area (Å²) >= 11 is 13.5. The van der Waals surface area contributed by atoms with Crippen LogP contribution in [0.2, 0.25) is 10.0 Å². The topological polar surface area (TPSA) is 85.8 Å². The van der Waals surface area contributed by atoms with Crippen molar-refractivity contribution in [3.8, 4) is 11.4 Å². The second-order valence-electron chi connectivity index (χ2n) is 6.49. The summed E-state index contributed by atoms with van der Waals surface area (Å²) in [5, 5.41) is 12.3. The Morgan fingerprint density at radius 1 is 1.18 bits per heavy atom. The SMILES string of the molecule is Nn1c(S[C@H](C(=O)NC2CC2)c2ccccc2)nnc1-c1ccc(Cl)cc1Cl. The lowest BCUT2D eigenvalue weighted by Crippen LogP contribution is -2.30. The summed E-state index contributed by atoms with van der Waals surface area (Å²) in [6.07, 6.45) is 2.04. The Balaban J connectivity index is 1.63. The van der Waals surface area contributed by atoms with Gasteiger partial charge in [0.25, 0.3) is 0 Å². The van der Waals surface area contributed by atoms with Gasteiger partial charge in [-0.15, -0.1) is 10.2 Å². The highest BCUT2D eigenvalue weighted by atomic mass is 35.5. The molecule has 0 unspecified atom stereocenters. The fraction of sp³-hybridized carbons (Fsp3) is 0.211. The number of aromatic nitrogens is 3. The van der Waals surface area contributed by atoms with Crippen molar-refractivity contribution in [2.24, 2.45) is 0 Å². The van der Waals surface area contributed by atoms with E-state index in [-0.39, 0.29) is 11.9 Å². The number of nitrogens with two attached hydrogens (primary N) is 1. The third-order valence-corrected chi connectivity index (χ3v) is 6.08. The molecule has 1 amide bonds. The highest BCUT2D eigenvalue weighted by molar-refractivity contribution is 8.00. The fourth-order valence-electron chi connectivity index (χ4n) is 2.72. The second kappa shape index (κ2) is 8.03. The number of carbonyl (C=O) groups excluding carboxylic acids is 1. The van der Waals surface area contributed by atoms with E-state index in [0.717, 1.165) is 18.4 Å². The van der Waals surface area contributed by atoms with E-state index in [1.165, 1.54) is 16.4 Å². The van der Waals surface area contributed by atoms with Crippen molar-refractivity contribution >= 4 is 40.9 Å². The minimum absolute atomic E-state index is 0.0622. The molecule has 4 rings (SSSR count). The molecule has 0 radical (unpaired) electrons. The smallest absolute Gasteiger partial charge is 0.238 e. The molecule has 3 N–H and O–H groups in total. The van der Waals surface area contributed by atoms with E-state index >= 15 is 0 Å². The summed E-state index contributed by atoms with van der Waals surface area (Å²) < 4.78 is 1.35. The van der Waals surface area contributed by atoms with Gasteiger partial charge in [0, 0.05) is 16.6 Å². The van der Waals surface area contributed by atoms with Crippen LogP contribution in [0.1, 0.15) is 23.7 Å². The van der Waals surface area contributed by atoms with Gasteiger partial charge in [0.05, 0.1) is 5.02 Å². The second-order valence-corrected chi connectivity index (χ2v) is 8.41. The molecule has 0 spiro atoms. The maximum atomic E-state index is 12.8. The number of rotatable bonds is 6. The van der Waals surface area contributed by atoms with Crippen molar-refractivity contribution in [3.63, 3.8) is 0 Å². The minimum Gasteiger partial charge on any atom is -0.352 e. The van der Waals surface area contributed by atoms with Crippen LogP contribution in [0, 0.1) is 0 Å². The van der Waals surface area contributed by atoms with E-state index in [1.807, 2.05) is 30.3 Å². The average Bonchev–Trinajstić information content (AvgIpc) is 3.42. The van der Waals surface area contributed by atoms with Crippen molar-refractivity contribution in [1.29, 1.82) is 0 Å².